The van der Waals surface area contributed by atoms with E-state index in [0.29, 0.717) is 24.9 Å². The number of aromatic nitrogens is 2. The highest BCUT2D eigenvalue weighted by atomic mass is 16.5. The van der Waals surface area contributed by atoms with E-state index in [1.165, 1.54) is 0 Å². The maximum atomic E-state index is 5.39. The third-order valence-corrected chi connectivity index (χ3v) is 4.44. The standard InChI is InChI=1S/C22H27N5O2/c1-4-8-20-26-21(29-27-20)17-11-7-9-16(13-17)14-24-22(23-2)25-15-18-10-5-6-12-19(18)28-3/h5-7,9-13H,4,8,14-15H2,1-3H3,(H2,23,24,25). The van der Waals surface area contributed by atoms with E-state index < -0.39 is 0 Å². The van der Waals surface area contributed by atoms with E-state index in [1.54, 1.807) is 14.2 Å². The van der Waals surface area contributed by atoms with Gasteiger partial charge in [0.1, 0.15) is 5.75 Å². The predicted octanol–water partition coefficient (Wildman–Crippen LogP) is 3.56. The third kappa shape index (κ3) is 5.57. The molecule has 0 fully saturated rings. The second kappa shape index (κ2) is 10.3. The molecule has 2 N–H and O–H groups in total. The molecule has 0 aliphatic carbocycles. The average molecular weight is 393 g/mol. The van der Waals surface area contributed by atoms with Crippen LogP contribution in [0.15, 0.2) is 58.0 Å². The van der Waals surface area contributed by atoms with Gasteiger partial charge in [-0.15, -0.1) is 0 Å². The number of aliphatic imine (C=N–C) groups is 1. The zero-order valence-corrected chi connectivity index (χ0v) is 17.1. The average Bonchev–Trinajstić information content (AvgIpc) is 3.23. The smallest absolute Gasteiger partial charge is 0.257 e. The SMILES string of the molecule is CCCc1noc(-c2cccc(CNC(=NC)NCc3ccccc3OC)c2)n1. The van der Waals surface area contributed by atoms with E-state index in [-0.39, 0.29) is 0 Å². The zero-order chi connectivity index (χ0) is 20.5. The topological polar surface area (TPSA) is 84.6 Å². The van der Waals surface area contributed by atoms with Gasteiger partial charge in [0.15, 0.2) is 11.8 Å². The lowest BCUT2D eigenvalue weighted by Gasteiger charge is -2.14. The number of hydrogen-bond acceptors (Lipinski definition) is 5. The Morgan fingerprint density at radius 3 is 2.72 bits per heavy atom. The van der Waals surface area contributed by atoms with Crippen LogP contribution in [0.4, 0.5) is 0 Å². The summed E-state index contributed by atoms with van der Waals surface area (Å²) in [5.41, 5.74) is 3.08. The van der Waals surface area contributed by atoms with E-state index >= 15 is 0 Å². The summed E-state index contributed by atoms with van der Waals surface area (Å²) in [5.74, 6) is 2.86. The monoisotopic (exact) mass is 393 g/mol. The molecule has 0 atom stereocenters. The Morgan fingerprint density at radius 2 is 1.93 bits per heavy atom. The number of nitrogens with one attached hydrogen (secondary N) is 2. The molecule has 3 aromatic rings. The van der Waals surface area contributed by atoms with Crippen LogP contribution < -0.4 is 15.4 Å². The molecular weight excluding hydrogens is 366 g/mol. The normalized spacial score (nSPS) is 11.3. The van der Waals surface area contributed by atoms with Crippen molar-refractivity contribution in [3.8, 4) is 17.2 Å². The van der Waals surface area contributed by atoms with Crippen LogP contribution in [-0.2, 0) is 19.5 Å². The van der Waals surface area contributed by atoms with Crippen molar-refractivity contribution >= 4 is 5.96 Å². The number of aryl methyl sites for hydroxylation is 1. The molecule has 152 valence electrons. The van der Waals surface area contributed by atoms with E-state index in [2.05, 4.69) is 32.7 Å². The Bertz CT molecular complexity index is 952. The van der Waals surface area contributed by atoms with Gasteiger partial charge in [-0.05, 0) is 30.2 Å². The van der Waals surface area contributed by atoms with Gasteiger partial charge in [0, 0.05) is 37.7 Å². The van der Waals surface area contributed by atoms with Gasteiger partial charge in [-0.1, -0.05) is 42.4 Å². The predicted molar refractivity (Wildman–Crippen MR) is 114 cm³/mol. The van der Waals surface area contributed by atoms with E-state index in [1.807, 2.05) is 48.5 Å². The maximum absolute atomic E-state index is 5.39. The molecule has 1 aromatic heterocycles. The fraction of sp³-hybridized carbons (Fsp3) is 0.318. The molecule has 0 aliphatic heterocycles. The van der Waals surface area contributed by atoms with Crippen molar-refractivity contribution in [2.24, 2.45) is 4.99 Å². The fourth-order valence-corrected chi connectivity index (χ4v) is 2.95. The van der Waals surface area contributed by atoms with Gasteiger partial charge in [0.05, 0.1) is 7.11 Å². The minimum atomic E-state index is 0.550. The van der Waals surface area contributed by atoms with Crippen LogP contribution in [0.5, 0.6) is 5.75 Å². The molecule has 3 rings (SSSR count). The minimum Gasteiger partial charge on any atom is -0.496 e. The molecule has 0 saturated heterocycles. The molecule has 7 heteroatoms. The number of para-hydroxylation sites is 1. The molecular formula is C22H27N5O2. The van der Waals surface area contributed by atoms with Crippen molar-refractivity contribution in [1.82, 2.24) is 20.8 Å². The van der Waals surface area contributed by atoms with Crippen molar-refractivity contribution in [2.45, 2.75) is 32.9 Å². The number of nitrogens with zero attached hydrogens (tertiary/aromatic N) is 3. The van der Waals surface area contributed by atoms with Crippen molar-refractivity contribution in [2.75, 3.05) is 14.2 Å². The fourth-order valence-electron chi connectivity index (χ4n) is 2.95. The van der Waals surface area contributed by atoms with Crippen LogP contribution in [0.2, 0.25) is 0 Å². The van der Waals surface area contributed by atoms with Gasteiger partial charge < -0.3 is 19.9 Å². The van der Waals surface area contributed by atoms with Crippen LogP contribution in [0.1, 0.15) is 30.3 Å². The maximum Gasteiger partial charge on any atom is 0.257 e. The third-order valence-electron chi connectivity index (χ3n) is 4.44. The van der Waals surface area contributed by atoms with Crippen LogP contribution in [0, 0.1) is 0 Å². The number of guanidine groups is 1. The number of hydrogen-bond donors (Lipinski definition) is 2. The summed E-state index contributed by atoms with van der Waals surface area (Å²) in [7, 11) is 3.43. The summed E-state index contributed by atoms with van der Waals surface area (Å²) in [5, 5.41) is 10.7. The van der Waals surface area contributed by atoms with Crippen LogP contribution in [-0.4, -0.2) is 30.3 Å². The summed E-state index contributed by atoms with van der Waals surface area (Å²) in [6.45, 7) is 3.33. The Hall–Kier alpha value is -3.35. The molecule has 0 bridgehead atoms. The second-order valence-electron chi connectivity index (χ2n) is 6.56. The van der Waals surface area contributed by atoms with Gasteiger partial charge >= 0.3 is 0 Å². The zero-order valence-electron chi connectivity index (χ0n) is 17.1. The molecule has 0 amide bonds. The second-order valence-corrected chi connectivity index (χ2v) is 6.56. The lowest BCUT2D eigenvalue weighted by molar-refractivity contribution is 0.409. The number of benzene rings is 2. The first kappa shape index (κ1) is 20.4. The molecule has 1 heterocycles. The Labute approximate surface area is 171 Å². The lowest BCUT2D eigenvalue weighted by atomic mass is 10.1. The first-order chi connectivity index (χ1) is 14.2. The molecule has 7 nitrogen and oxygen atoms in total. The Balaban J connectivity index is 1.59. The van der Waals surface area contributed by atoms with Gasteiger partial charge in [-0.2, -0.15) is 4.98 Å². The van der Waals surface area contributed by atoms with Crippen molar-refractivity contribution < 1.29 is 9.26 Å². The lowest BCUT2D eigenvalue weighted by Crippen LogP contribution is -2.36. The Morgan fingerprint density at radius 1 is 1.10 bits per heavy atom. The first-order valence-corrected chi connectivity index (χ1v) is 9.71. The van der Waals surface area contributed by atoms with Crippen LogP contribution in [0.25, 0.3) is 11.5 Å². The number of methoxy groups -OCH3 is 1. The van der Waals surface area contributed by atoms with Gasteiger partial charge in [-0.3, -0.25) is 4.99 Å². The van der Waals surface area contributed by atoms with Crippen LogP contribution >= 0.6 is 0 Å². The highest BCUT2D eigenvalue weighted by Crippen LogP contribution is 2.19. The van der Waals surface area contributed by atoms with Crippen molar-refractivity contribution in [1.29, 1.82) is 0 Å². The van der Waals surface area contributed by atoms with Gasteiger partial charge in [-0.25, -0.2) is 0 Å². The summed E-state index contributed by atoms with van der Waals surface area (Å²) in [6, 6.07) is 16.0. The minimum absolute atomic E-state index is 0.550. The summed E-state index contributed by atoms with van der Waals surface area (Å²) in [4.78, 5) is 8.75. The van der Waals surface area contributed by atoms with Crippen LogP contribution in [0.3, 0.4) is 0 Å². The molecule has 0 aliphatic rings. The molecule has 0 spiro atoms. The van der Waals surface area contributed by atoms with E-state index in [9.17, 15) is 0 Å². The van der Waals surface area contributed by atoms with Crippen molar-refractivity contribution in [3.63, 3.8) is 0 Å². The van der Waals surface area contributed by atoms with E-state index in [0.717, 1.165) is 41.1 Å². The summed E-state index contributed by atoms with van der Waals surface area (Å²) < 4.78 is 10.8. The molecule has 2 aromatic carbocycles. The highest BCUT2D eigenvalue weighted by Gasteiger charge is 2.09. The summed E-state index contributed by atoms with van der Waals surface area (Å²) in [6.07, 6.45) is 1.81. The molecule has 0 radical (unpaired) electrons. The van der Waals surface area contributed by atoms with Gasteiger partial charge in [0.25, 0.3) is 5.89 Å². The summed E-state index contributed by atoms with van der Waals surface area (Å²) >= 11 is 0. The number of rotatable bonds is 8. The Kier molecular flexibility index (Phi) is 7.22. The van der Waals surface area contributed by atoms with E-state index in [4.69, 9.17) is 9.26 Å². The quantitative estimate of drug-likeness (QED) is 0.450. The van der Waals surface area contributed by atoms with Crippen molar-refractivity contribution in [3.05, 3.63) is 65.5 Å². The molecule has 0 unspecified atom stereocenters. The molecule has 0 saturated carbocycles. The largest absolute Gasteiger partial charge is 0.496 e. The van der Waals surface area contributed by atoms with Gasteiger partial charge in [0.2, 0.25) is 0 Å². The first-order valence-electron chi connectivity index (χ1n) is 9.71. The highest BCUT2D eigenvalue weighted by molar-refractivity contribution is 5.79. The number of ether oxygens (including phenoxy) is 1. The molecule has 29 heavy (non-hydrogen) atoms.